The van der Waals surface area contributed by atoms with E-state index >= 15 is 0 Å². The Morgan fingerprint density at radius 1 is 0.929 bits per heavy atom. The van der Waals surface area contributed by atoms with Gasteiger partial charge in [-0.15, -0.1) is 0 Å². The number of hydrogen-bond acceptors (Lipinski definition) is 4. The van der Waals surface area contributed by atoms with Gasteiger partial charge in [0.05, 0.1) is 22.8 Å². The fourth-order valence-electron chi connectivity index (χ4n) is 2.73. The maximum Gasteiger partial charge on any atom is 0.261 e. The molecule has 6 nitrogen and oxygen atoms in total. The number of nitrogens with zero attached hydrogens (tertiary/aromatic N) is 1. The molecule has 28 heavy (non-hydrogen) atoms. The van der Waals surface area contributed by atoms with Crippen LogP contribution in [0.15, 0.2) is 71.8 Å². The van der Waals surface area contributed by atoms with E-state index in [0.29, 0.717) is 17.8 Å². The topological polar surface area (TPSA) is 88.2 Å². The van der Waals surface area contributed by atoms with Crippen LogP contribution in [0, 0.1) is 13.8 Å². The Hall–Kier alpha value is -3.19. The summed E-state index contributed by atoms with van der Waals surface area (Å²) in [5, 5.41) is 2.76. The normalized spacial score (nSPS) is 11.1. The number of nitrogens with one attached hydrogen (secondary N) is 2. The molecular weight excluding hydrogens is 374 g/mol. The van der Waals surface area contributed by atoms with Crippen molar-refractivity contribution in [3.05, 3.63) is 89.2 Å². The fourth-order valence-corrected chi connectivity index (χ4v) is 3.93. The lowest BCUT2D eigenvalue weighted by atomic mass is 10.1. The Morgan fingerprint density at radius 2 is 1.61 bits per heavy atom. The summed E-state index contributed by atoms with van der Waals surface area (Å²) in [4.78, 5) is 16.5. The minimum Gasteiger partial charge on any atom is -0.346 e. The number of hydrogen-bond donors (Lipinski definition) is 2. The number of benzene rings is 2. The summed E-state index contributed by atoms with van der Waals surface area (Å²) in [6.45, 7) is 3.99. The van der Waals surface area contributed by atoms with Gasteiger partial charge in [0, 0.05) is 11.8 Å². The van der Waals surface area contributed by atoms with Crippen LogP contribution in [0.1, 0.15) is 27.2 Å². The molecule has 0 saturated carbocycles. The first-order chi connectivity index (χ1) is 13.4. The molecule has 0 aliphatic heterocycles. The van der Waals surface area contributed by atoms with E-state index in [1.54, 1.807) is 12.3 Å². The quantitative estimate of drug-likeness (QED) is 0.669. The van der Waals surface area contributed by atoms with Gasteiger partial charge in [-0.25, -0.2) is 8.42 Å². The second-order valence-electron chi connectivity index (χ2n) is 6.40. The fraction of sp³-hybridized carbons (Fsp3) is 0.143. The molecule has 3 aromatic rings. The molecule has 3 rings (SSSR count). The summed E-state index contributed by atoms with van der Waals surface area (Å²) >= 11 is 0. The highest BCUT2D eigenvalue weighted by Gasteiger charge is 2.17. The van der Waals surface area contributed by atoms with E-state index in [-0.39, 0.29) is 10.8 Å². The number of carbonyl (C=O) groups is 1. The maximum atomic E-state index is 12.7. The van der Waals surface area contributed by atoms with Crippen LogP contribution in [0.25, 0.3) is 0 Å². The first-order valence-corrected chi connectivity index (χ1v) is 10.2. The van der Waals surface area contributed by atoms with E-state index in [1.807, 2.05) is 44.2 Å². The van der Waals surface area contributed by atoms with Crippen LogP contribution in [0.4, 0.5) is 5.69 Å². The number of para-hydroxylation sites is 1. The second kappa shape index (κ2) is 8.22. The van der Waals surface area contributed by atoms with Crippen molar-refractivity contribution >= 4 is 21.6 Å². The standard InChI is InChI=1S/C21H21N3O3S/c1-15-6-5-7-16(2)20(15)24-28(26,27)19-11-9-17(10-12-19)21(25)23-14-18-8-3-4-13-22-18/h3-13,24H,14H2,1-2H3,(H,23,25). The summed E-state index contributed by atoms with van der Waals surface area (Å²) in [7, 11) is -3.75. The van der Waals surface area contributed by atoms with E-state index < -0.39 is 10.0 Å². The van der Waals surface area contributed by atoms with Crippen LogP contribution >= 0.6 is 0 Å². The number of aromatic nitrogens is 1. The molecule has 0 radical (unpaired) electrons. The minimum absolute atomic E-state index is 0.0939. The zero-order valence-corrected chi connectivity index (χ0v) is 16.5. The number of amides is 1. The average Bonchev–Trinajstić information content (AvgIpc) is 2.70. The van der Waals surface area contributed by atoms with Crippen molar-refractivity contribution in [2.24, 2.45) is 0 Å². The Morgan fingerprint density at radius 3 is 2.21 bits per heavy atom. The smallest absolute Gasteiger partial charge is 0.261 e. The van der Waals surface area contributed by atoms with Crippen LogP contribution in [0.2, 0.25) is 0 Å². The van der Waals surface area contributed by atoms with Gasteiger partial charge in [-0.05, 0) is 61.4 Å². The minimum atomic E-state index is -3.75. The van der Waals surface area contributed by atoms with Gasteiger partial charge in [-0.3, -0.25) is 14.5 Å². The van der Waals surface area contributed by atoms with Gasteiger partial charge in [-0.2, -0.15) is 0 Å². The molecule has 1 aromatic heterocycles. The highest BCUT2D eigenvalue weighted by atomic mass is 32.2. The van der Waals surface area contributed by atoms with Gasteiger partial charge in [0.15, 0.2) is 0 Å². The van der Waals surface area contributed by atoms with Crippen molar-refractivity contribution in [1.29, 1.82) is 0 Å². The average molecular weight is 395 g/mol. The number of rotatable bonds is 6. The highest BCUT2D eigenvalue weighted by molar-refractivity contribution is 7.92. The zero-order chi connectivity index (χ0) is 20.1. The molecule has 1 heterocycles. The summed E-state index contributed by atoms with van der Waals surface area (Å²) in [5.74, 6) is -0.294. The zero-order valence-electron chi connectivity index (χ0n) is 15.6. The monoisotopic (exact) mass is 395 g/mol. The number of pyridine rings is 1. The molecule has 0 unspecified atom stereocenters. The highest BCUT2D eigenvalue weighted by Crippen LogP contribution is 2.23. The van der Waals surface area contributed by atoms with Crippen molar-refractivity contribution in [2.45, 2.75) is 25.3 Å². The summed E-state index contributed by atoms with van der Waals surface area (Å²) < 4.78 is 28.0. The third-order valence-electron chi connectivity index (χ3n) is 4.30. The number of sulfonamides is 1. The van der Waals surface area contributed by atoms with Gasteiger partial charge in [-0.1, -0.05) is 24.3 Å². The molecule has 0 fully saturated rings. The Labute approximate surface area is 164 Å². The van der Waals surface area contributed by atoms with Gasteiger partial charge in [0.2, 0.25) is 0 Å². The van der Waals surface area contributed by atoms with Crippen LogP contribution < -0.4 is 10.0 Å². The number of aryl methyl sites for hydroxylation is 2. The summed E-state index contributed by atoms with van der Waals surface area (Å²) in [5.41, 5.74) is 3.37. The lowest BCUT2D eigenvalue weighted by Gasteiger charge is -2.13. The molecule has 0 saturated heterocycles. The third kappa shape index (κ3) is 4.55. The van der Waals surface area contributed by atoms with Crippen LogP contribution in [0.3, 0.4) is 0 Å². The van der Waals surface area contributed by atoms with Crippen molar-refractivity contribution in [1.82, 2.24) is 10.3 Å². The van der Waals surface area contributed by atoms with E-state index in [0.717, 1.165) is 16.8 Å². The molecule has 0 aliphatic rings. The molecule has 2 N–H and O–H groups in total. The Balaban J connectivity index is 1.71. The van der Waals surface area contributed by atoms with E-state index in [4.69, 9.17) is 0 Å². The van der Waals surface area contributed by atoms with Crippen LogP contribution in [-0.2, 0) is 16.6 Å². The molecule has 7 heteroatoms. The second-order valence-corrected chi connectivity index (χ2v) is 8.08. The molecule has 1 amide bonds. The molecule has 0 bridgehead atoms. The lowest BCUT2D eigenvalue weighted by Crippen LogP contribution is -2.23. The molecule has 144 valence electrons. The number of carbonyl (C=O) groups excluding carboxylic acids is 1. The van der Waals surface area contributed by atoms with Crippen molar-refractivity contribution in [2.75, 3.05) is 4.72 Å². The van der Waals surface area contributed by atoms with E-state index in [9.17, 15) is 13.2 Å². The third-order valence-corrected chi connectivity index (χ3v) is 5.67. The van der Waals surface area contributed by atoms with Crippen molar-refractivity contribution in [3.8, 4) is 0 Å². The summed E-state index contributed by atoms with van der Waals surface area (Å²) in [6, 6.07) is 16.9. The predicted octanol–water partition coefficient (Wildman–Crippen LogP) is 3.43. The molecular formula is C21H21N3O3S. The molecule has 0 spiro atoms. The largest absolute Gasteiger partial charge is 0.346 e. The van der Waals surface area contributed by atoms with Crippen LogP contribution in [0.5, 0.6) is 0 Å². The molecule has 2 aromatic carbocycles. The first-order valence-electron chi connectivity index (χ1n) is 8.74. The number of anilines is 1. The van der Waals surface area contributed by atoms with Gasteiger partial charge in [0.1, 0.15) is 0 Å². The molecule has 0 atom stereocenters. The SMILES string of the molecule is Cc1cccc(C)c1NS(=O)(=O)c1ccc(C(=O)NCc2ccccn2)cc1. The van der Waals surface area contributed by atoms with Crippen LogP contribution in [-0.4, -0.2) is 19.3 Å². The van der Waals surface area contributed by atoms with Gasteiger partial charge >= 0.3 is 0 Å². The van der Waals surface area contributed by atoms with Gasteiger partial charge < -0.3 is 5.32 Å². The first kappa shape index (κ1) is 19.6. The van der Waals surface area contributed by atoms with Crippen molar-refractivity contribution in [3.63, 3.8) is 0 Å². The predicted molar refractivity (Wildman–Crippen MR) is 109 cm³/mol. The van der Waals surface area contributed by atoms with E-state index in [1.165, 1.54) is 24.3 Å². The summed E-state index contributed by atoms with van der Waals surface area (Å²) in [6.07, 6.45) is 1.66. The Bertz CT molecular complexity index is 1060. The lowest BCUT2D eigenvalue weighted by molar-refractivity contribution is 0.0950. The Kier molecular flexibility index (Phi) is 5.75. The van der Waals surface area contributed by atoms with E-state index in [2.05, 4.69) is 15.0 Å². The van der Waals surface area contributed by atoms with Crippen molar-refractivity contribution < 1.29 is 13.2 Å². The van der Waals surface area contributed by atoms with Gasteiger partial charge in [0.25, 0.3) is 15.9 Å². The molecule has 0 aliphatic carbocycles. The maximum absolute atomic E-state index is 12.7.